The van der Waals surface area contributed by atoms with Crippen LogP contribution in [0, 0.1) is 0 Å². The van der Waals surface area contributed by atoms with Crippen LogP contribution in [0.4, 0.5) is 0 Å². The number of rotatable bonds is 77. The Morgan fingerprint density at radius 3 is 0.928 bits per heavy atom. The van der Waals surface area contributed by atoms with E-state index in [0.717, 1.165) is 51.4 Å². The van der Waals surface area contributed by atoms with E-state index in [-0.39, 0.29) is 12.5 Å². The Morgan fingerprint density at radius 2 is 0.619 bits per heavy atom. The minimum absolute atomic E-state index is 0.182. The number of ether oxygens (including phenoxy) is 2. The van der Waals surface area contributed by atoms with Crippen LogP contribution in [0.15, 0.2) is 60.8 Å². The Hall–Kier alpha value is -2.11. The lowest BCUT2D eigenvalue weighted by Crippen LogP contribution is -2.60. The molecule has 0 saturated carbocycles. The van der Waals surface area contributed by atoms with Crippen LogP contribution in [0.25, 0.3) is 0 Å². The van der Waals surface area contributed by atoms with E-state index in [1.54, 1.807) is 6.08 Å². The van der Waals surface area contributed by atoms with Gasteiger partial charge in [-0.3, -0.25) is 4.79 Å². The molecule has 0 aliphatic carbocycles. The summed E-state index contributed by atoms with van der Waals surface area (Å²) in [5.41, 5.74) is 0. The van der Waals surface area contributed by atoms with Gasteiger partial charge in [-0.2, -0.15) is 0 Å². The molecular weight excluding hydrogens is 1200 g/mol. The topological polar surface area (TPSA) is 149 Å². The second-order valence-electron chi connectivity index (χ2n) is 30.0. The molecule has 1 aliphatic heterocycles. The number of unbranched alkanes of at least 4 members (excludes halogenated alkanes) is 59. The second kappa shape index (κ2) is 76.5. The minimum Gasteiger partial charge on any atom is -0.394 e. The third kappa shape index (κ3) is 64.5. The summed E-state index contributed by atoms with van der Waals surface area (Å²) in [5.74, 6) is -0.182. The molecule has 9 heteroatoms. The molecule has 7 atom stereocenters. The van der Waals surface area contributed by atoms with Gasteiger partial charge in [0.1, 0.15) is 24.4 Å². The zero-order chi connectivity index (χ0) is 69.9. The van der Waals surface area contributed by atoms with E-state index in [1.165, 1.54) is 366 Å². The van der Waals surface area contributed by atoms with Crippen LogP contribution in [-0.2, 0) is 14.3 Å². The predicted molar refractivity (Wildman–Crippen MR) is 419 cm³/mol. The van der Waals surface area contributed by atoms with Gasteiger partial charge in [0.15, 0.2) is 6.29 Å². The summed E-state index contributed by atoms with van der Waals surface area (Å²) in [6.07, 6.45) is 101. The summed E-state index contributed by atoms with van der Waals surface area (Å²) in [6, 6.07) is -0.831. The SMILES string of the molecule is CCCCCCC/C=C\C/C=C\CCCCCCCCCCCCCCCCCCCCCCCCCCCCCCCC(=O)NC(COC1OC(CO)C(O)C(O)C1O)C(O)/C=C/CC/C=C/CC/C=C/CCCCCCCCCCCCCCCCCCCCCCCCC. The van der Waals surface area contributed by atoms with Crippen LogP contribution in [0.2, 0.25) is 0 Å². The van der Waals surface area contributed by atoms with Crippen molar-refractivity contribution in [3.05, 3.63) is 60.8 Å². The Bertz CT molecular complexity index is 1730. The molecule has 1 saturated heterocycles. The molecule has 0 aromatic heterocycles. The third-order valence-corrected chi connectivity index (χ3v) is 20.5. The molecule has 1 amide bonds. The summed E-state index contributed by atoms with van der Waals surface area (Å²) in [6.45, 7) is 3.81. The monoisotopic (exact) mass is 1360 g/mol. The van der Waals surface area contributed by atoms with Crippen LogP contribution in [0.3, 0.4) is 0 Å². The van der Waals surface area contributed by atoms with Crippen LogP contribution >= 0.6 is 0 Å². The average Bonchev–Trinajstić information content (AvgIpc) is 0.854. The molecule has 9 nitrogen and oxygen atoms in total. The van der Waals surface area contributed by atoms with E-state index in [9.17, 15) is 30.3 Å². The molecule has 0 aromatic rings. The molecule has 97 heavy (non-hydrogen) atoms. The zero-order valence-corrected chi connectivity index (χ0v) is 64.4. The first kappa shape index (κ1) is 92.9. The zero-order valence-electron chi connectivity index (χ0n) is 64.4. The Morgan fingerprint density at radius 1 is 0.351 bits per heavy atom. The summed E-state index contributed by atoms with van der Waals surface area (Å²) in [7, 11) is 0. The molecule has 1 fully saturated rings. The summed E-state index contributed by atoms with van der Waals surface area (Å²) in [5, 5.41) is 54.9. The number of hydrogen-bond donors (Lipinski definition) is 6. The van der Waals surface area contributed by atoms with Crippen molar-refractivity contribution in [2.75, 3.05) is 13.2 Å². The van der Waals surface area contributed by atoms with E-state index in [1.807, 2.05) is 6.08 Å². The number of nitrogens with one attached hydrogen (secondary N) is 1. The molecule has 0 radical (unpaired) electrons. The van der Waals surface area contributed by atoms with Crippen LogP contribution in [0.5, 0.6) is 0 Å². The maximum Gasteiger partial charge on any atom is 0.220 e. The number of aliphatic hydroxyl groups is 5. The summed E-state index contributed by atoms with van der Waals surface area (Å²) < 4.78 is 11.3. The van der Waals surface area contributed by atoms with Crippen molar-refractivity contribution < 1.29 is 39.8 Å². The van der Waals surface area contributed by atoms with Gasteiger partial charge in [0.25, 0.3) is 0 Å². The van der Waals surface area contributed by atoms with Gasteiger partial charge in [0, 0.05) is 6.42 Å². The van der Waals surface area contributed by atoms with Gasteiger partial charge in [-0.15, -0.1) is 0 Å². The highest BCUT2D eigenvalue weighted by Gasteiger charge is 2.44. The molecule has 0 bridgehead atoms. The maximum atomic E-state index is 13.2. The van der Waals surface area contributed by atoms with Crippen LogP contribution < -0.4 is 5.32 Å². The van der Waals surface area contributed by atoms with Crippen LogP contribution in [0.1, 0.15) is 438 Å². The molecule has 0 aromatic carbocycles. The second-order valence-corrected chi connectivity index (χ2v) is 30.0. The molecule has 0 spiro atoms. The van der Waals surface area contributed by atoms with Crippen molar-refractivity contribution >= 4 is 5.91 Å². The number of carbonyl (C=O) groups excluding carboxylic acids is 1. The van der Waals surface area contributed by atoms with E-state index in [0.29, 0.717) is 6.42 Å². The van der Waals surface area contributed by atoms with E-state index in [2.05, 4.69) is 67.8 Å². The molecule has 1 heterocycles. The van der Waals surface area contributed by atoms with Crippen molar-refractivity contribution in [1.29, 1.82) is 0 Å². The Labute approximate surface area is 602 Å². The summed E-state index contributed by atoms with van der Waals surface area (Å²) >= 11 is 0. The number of carbonyl (C=O) groups is 1. The normalized spacial score (nSPS) is 17.6. The molecular formula is C88H165NO8. The summed E-state index contributed by atoms with van der Waals surface area (Å²) in [4.78, 5) is 13.2. The van der Waals surface area contributed by atoms with Crippen molar-refractivity contribution in [1.82, 2.24) is 5.32 Å². The highest BCUT2D eigenvalue weighted by molar-refractivity contribution is 5.76. The fourth-order valence-electron chi connectivity index (χ4n) is 13.9. The van der Waals surface area contributed by atoms with E-state index >= 15 is 0 Å². The molecule has 6 N–H and O–H groups in total. The first-order valence-electron chi connectivity index (χ1n) is 43.0. The number of amides is 1. The molecule has 7 unspecified atom stereocenters. The van der Waals surface area contributed by atoms with Crippen molar-refractivity contribution in [2.45, 2.75) is 480 Å². The minimum atomic E-state index is -1.58. The van der Waals surface area contributed by atoms with Crippen molar-refractivity contribution in [2.24, 2.45) is 0 Å². The third-order valence-electron chi connectivity index (χ3n) is 20.5. The number of aliphatic hydroxyl groups excluding tert-OH is 5. The molecule has 1 aliphatic rings. The van der Waals surface area contributed by atoms with Gasteiger partial charge in [0.05, 0.1) is 25.4 Å². The fraction of sp³-hybridized carbons (Fsp3) is 0.875. The highest BCUT2D eigenvalue weighted by atomic mass is 16.7. The maximum absolute atomic E-state index is 13.2. The first-order chi connectivity index (χ1) is 47.8. The van der Waals surface area contributed by atoms with E-state index in [4.69, 9.17) is 9.47 Å². The predicted octanol–water partition coefficient (Wildman–Crippen LogP) is 25.2. The highest BCUT2D eigenvalue weighted by Crippen LogP contribution is 2.24. The van der Waals surface area contributed by atoms with Crippen molar-refractivity contribution in [3.8, 4) is 0 Å². The standard InChI is InChI=1S/C88H165NO8/c1-3-5-7-9-11-13-15-17-19-21-23-25-27-29-31-33-35-37-38-39-40-41-42-43-44-46-48-50-52-54-56-58-60-62-64-66-68-70-72-74-76-78-84(92)89-81(80-96-88-87(95)86(94)85(93)83(79-90)97-88)82(91)77-75-73-71-69-67-65-63-61-59-57-55-53-51-49-47-45-36-34-32-30-28-26-24-22-20-18-16-14-12-10-8-6-4-2/h15,17,21,23,59,61,67,69,75,77,81-83,85-88,90-91,93-95H,3-14,16,18-20,22,24-58,60,62-66,68,70-74,76,78-80H2,1-2H3,(H,89,92)/b17-15-,23-21-,61-59+,69-67+,77-75+. The number of allylic oxidation sites excluding steroid dienone is 9. The quantitative estimate of drug-likeness (QED) is 0.0261. The van der Waals surface area contributed by atoms with Gasteiger partial charge in [-0.25, -0.2) is 0 Å². The van der Waals surface area contributed by atoms with Crippen LogP contribution in [-0.4, -0.2) is 87.5 Å². The molecule has 1 rings (SSSR count). The molecule has 570 valence electrons. The van der Waals surface area contributed by atoms with Gasteiger partial charge in [-0.05, 0) is 77.0 Å². The lowest BCUT2D eigenvalue weighted by atomic mass is 9.99. The van der Waals surface area contributed by atoms with Crippen molar-refractivity contribution in [3.63, 3.8) is 0 Å². The Kier molecular flexibility index (Phi) is 73.3. The Balaban J connectivity index is 2.05. The van der Waals surface area contributed by atoms with Gasteiger partial charge < -0.3 is 40.3 Å². The smallest absolute Gasteiger partial charge is 0.220 e. The lowest BCUT2D eigenvalue weighted by Gasteiger charge is -2.40. The lowest BCUT2D eigenvalue weighted by molar-refractivity contribution is -0.302. The number of hydrogen-bond acceptors (Lipinski definition) is 8. The van der Waals surface area contributed by atoms with Gasteiger partial charge in [0.2, 0.25) is 5.91 Å². The van der Waals surface area contributed by atoms with Gasteiger partial charge >= 0.3 is 0 Å². The van der Waals surface area contributed by atoms with Gasteiger partial charge in [-0.1, -0.05) is 415 Å². The first-order valence-corrected chi connectivity index (χ1v) is 43.0. The average molecular weight is 1370 g/mol. The fourth-order valence-corrected chi connectivity index (χ4v) is 13.9. The largest absolute Gasteiger partial charge is 0.394 e. The van der Waals surface area contributed by atoms with E-state index < -0.39 is 49.5 Å².